The number of aliphatic hydroxyl groups is 3. The number of carbonyl (C=O) groups is 1. The van der Waals surface area contributed by atoms with Gasteiger partial charge in [0.05, 0.1) is 6.10 Å². The summed E-state index contributed by atoms with van der Waals surface area (Å²) < 4.78 is 21.8. The van der Waals surface area contributed by atoms with Crippen LogP contribution in [0.5, 0.6) is 0 Å². The second-order valence-corrected chi connectivity index (χ2v) is 10.4. The number of esters is 1. The van der Waals surface area contributed by atoms with E-state index in [2.05, 4.69) is 6.08 Å². The second-order valence-electron chi connectivity index (χ2n) is 9.21. The van der Waals surface area contributed by atoms with Crippen LogP contribution < -0.4 is 0 Å². The Hall–Kier alpha value is -1.58. The molecule has 0 aromatic rings. The van der Waals surface area contributed by atoms with Crippen LogP contribution in [0.15, 0.2) is 48.6 Å². The van der Waals surface area contributed by atoms with Gasteiger partial charge in [-0.3, -0.25) is 4.52 Å². The first-order valence-electron chi connectivity index (χ1n) is 12.2. The summed E-state index contributed by atoms with van der Waals surface area (Å²) in [6, 6.07) is 0. The maximum absolute atomic E-state index is 11.7. The van der Waals surface area contributed by atoms with Gasteiger partial charge < -0.3 is 29.8 Å². The zero-order valence-corrected chi connectivity index (χ0v) is 21.1. The SMILES string of the molecule is CC[C@H]1C=CC(=O)O[C@H]1/C=C/[C@](O)(CCO)[C@@H](C[C@@H](O)/C=C\C=C/C1CCCCC1)OP(=O)(O)O. The fraction of sp³-hybridized carbons (Fsp3) is 0.640. The Morgan fingerprint density at radius 1 is 1.23 bits per heavy atom. The predicted octanol–water partition coefficient (Wildman–Crippen LogP) is 3.09. The van der Waals surface area contributed by atoms with Crippen LogP contribution in [0.2, 0.25) is 0 Å². The van der Waals surface area contributed by atoms with Gasteiger partial charge in [-0.2, -0.15) is 0 Å². The molecule has 5 atom stereocenters. The van der Waals surface area contributed by atoms with E-state index in [9.17, 15) is 34.5 Å². The van der Waals surface area contributed by atoms with E-state index in [1.807, 2.05) is 13.0 Å². The number of aliphatic hydroxyl groups excluding tert-OH is 2. The van der Waals surface area contributed by atoms with Crippen molar-refractivity contribution in [3.05, 3.63) is 48.6 Å². The molecule has 0 radical (unpaired) electrons. The summed E-state index contributed by atoms with van der Waals surface area (Å²) >= 11 is 0. The van der Waals surface area contributed by atoms with Crippen LogP contribution in [-0.4, -0.2) is 61.6 Å². The molecule has 198 valence electrons. The summed E-state index contributed by atoms with van der Waals surface area (Å²) in [6.45, 7) is 1.39. The fourth-order valence-corrected chi connectivity index (χ4v) is 5.06. The van der Waals surface area contributed by atoms with Crippen LogP contribution >= 0.6 is 7.82 Å². The molecule has 2 aliphatic rings. The quantitative estimate of drug-likeness (QED) is 0.108. The van der Waals surface area contributed by atoms with Gasteiger partial charge in [-0.15, -0.1) is 0 Å². The topological polar surface area (TPSA) is 154 Å². The zero-order chi connectivity index (χ0) is 25.9. The van der Waals surface area contributed by atoms with Crippen molar-refractivity contribution in [3.63, 3.8) is 0 Å². The van der Waals surface area contributed by atoms with Crippen molar-refractivity contribution in [2.45, 2.75) is 82.2 Å². The lowest BCUT2D eigenvalue weighted by molar-refractivity contribution is -0.143. The average Bonchev–Trinajstić information content (AvgIpc) is 2.80. The maximum atomic E-state index is 11.7. The number of cyclic esters (lactones) is 1. The molecule has 35 heavy (non-hydrogen) atoms. The van der Waals surface area contributed by atoms with Gasteiger partial charge in [0.1, 0.15) is 17.8 Å². The first kappa shape index (κ1) is 29.6. The molecule has 0 aromatic carbocycles. The van der Waals surface area contributed by atoms with Crippen molar-refractivity contribution in [2.24, 2.45) is 11.8 Å². The molecule has 9 nitrogen and oxygen atoms in total. The Kier molecular flexibility index (Phi) is 12.1. The number of rotatable bonds is 13. The molecule has 0 aromatic heterocycles. The summed E-state index contributed by atoms with van der Waals surface area (Å²) in [7, 11) is -5.05. The van der Waals surface area contributed by atoms with Crippen molar-refractivity contribution in [1.82, 2.24) is 0 Å². The van der Waals surface area contributed by atoms with E-state index in [4.69, 9.17) is 9.26 Å². The smallest absolute Gasteiger partial charge is 0.454 e. The van der Waals surface area contributed by atoms with Crippen molar-refractivity contribution in [2.75, 3.05) is 6.61 Å². The minimum Gasteiger partial charge on any atom is -0.454 e. The molecule has 0 amide bonds. The predicted molar refractivity (Wildman–Crippen MR) is 131 cm³/mol. The molecule has 0 unspecified atom stereocenters. The third-order valence-corrected chi connectivity index (χ3v) is 7.00. The largest absolute Gasteiger partial charge is 0.469 e. The molecule has 1 aliphatic carbocycles. The van der Waals surface area contributed by atoms with E-state index in [-0.39, 0.29) is 18.8 Å². The van der Waals surface area contributed by atoms with Crippen molar-refractivity contribution in [1.29, 1.82) is 0 Å². The number of carbonyl (C=O) groups excluding carboxylic acids is 1. The van der Waals surface area contributed by atoms with Gasteiger partial charge in [-0.25, -0.2) is 9.36 Å². The molecule has 1 aliphatic heterocycles. The van der Waals surface area contributed by atoms with E-state index in [1.165, 1.54) is 43.6 Å². The lowest BCUT2D eigenvalue weighted by Gasteiger charge is -2.35. The van der Waals surface area contributed by atoms with Crippen LogP contribution in [-0.2, 0) is 18.6 Å². The van der Waals surface area contributed by atoms with Gasteiger partial charge in [0, 0.05) is 31.4 Å². The van der Waals surface area contributed by atoms with Gasteiger partial charge in [0.2, 0.25) is 0 Å². The molecular formula is C25H39O9P. The van der Waals surface area contributed by atoms with Crippen LogP contribution in [0.3, 0.4) is 0 Å². The number of allylic oxidation sites excluding steroid dienone is 3. The highest BCUT2D eigenvalue weighted by molar-refractivity contribution is 7.46. The molecule has 10 heteroatoms. The van der Waals surface area contributed by atoms with E-state index in [1.54, 1.807) is 12.2 Å². The fourth-order valence-electron chi connectivity index (χ4n) is 4.46. The highest BCUT2D eigenvalue weighted by Crippen LogP contribution is 2.42. The molecule has 1 heterocycles. The lowest BCUT2D eigenvalue weighted by atomic mass is 9.87. The van der Waals surface area contributed by atoms with Gasteiger partial charge in [-0.1, -0.05) is 62.6 Å². The summed E-state index contributed by atoms with van der Waals surface area (Å²) in [5, 5.41) is 31.3. The van der Waals surface area contributed by atoms with Crippen LogP contribution in [0, 0.1) is 11.8 Å². The van der Waals surface area contributed by atoms with Crippen molar-refractivity contribution in [3.8, 4) is 0 Å². The number of hydrogen-bond acceptors (Lipinski definition) is 7. The Balaban J connectivity index is 2.16. The highest BCUT2D eigenvalue weighted by Gasteiger charge is 2.40. The summed E-state index contributed by atoms with van der Waals surface area (Å²) in [6.07, 6.45) is 15.2. The Morgan fingerprint density at radius 3 is 2.57 bits per heavy atom. The maximum Gasteiger partial charge on any atom is 0.469 e. The first-order chi connectivity index (χ1) is 16.6. The summed E-state index contributed by atoms with van der Waals surface area (Å²) in [4.78, 5) is 30.5. The number of phosphoric acid groups is 1. The third-order valence-electron chi connectivity index (χ3n) is 6.47. The Labute approximate surface area is 207 Å². The van der Waals surface area contributed by atoms with E-state index < -0.39 is 44.3 Å². The van der Waals surface area contributed by atoms with E-state index in [0.717, 1.165) is 12.8 Å². The standard InChI is InChI=1S/C25H39O9P/c1-2-20-12-13-24(28)33-22(20)14-15-25(29,16-17-26)23(34-35(30,31)32)18-21(27)11-7-6-10-19-8-4-3-5-9-19/h6-7,10-15,19-23,26-27,29H,2-5,8-9,16-18H2,1H3,(H2,30,31,32)/b10-6-,11-7-,15-14+/t20-,21-,22-,23+,25-/m0/s1. The van der Waals surface area contributed by atoms with Crippen molar-refractivity contribution < 1.29 is 43.7 Å². The van der Waals surface area contributed by atoms with Gasteiger partial charge in [0.15, 0.2) is 0 Å². The van der Waals surface area contributed by atoms with Crippen LogP contribution in [0.1, 0.15) is 58.3 Å². The minimum absolute atomic E-state index is 0.145. The second kappa shape index (κ2) is 14.2. The van der Waals surface area contributed by atoms with E-state index in [0.29, 0.717) is 12.3 Å². The Morgan fingerprint density at radius 2 is 1.94 bits per heavy atom. The molecule has 0 spiro atoms. The van der Waals surface area contributed by atoms with Gasteiger partial charge in [0.25, 0.3) is 0 Å². The molecule has 1 fully saturated rings. The molecular weight excluding hydrogens is 475 g/mol. The monoisotopic (exact) mass is 514 g/mol. The lowest BCUT2D eigenvalue weighted by Crippen LogP contribution is -2.45. The zero-order valence-electron chi connectivity index (χ0n) is 20.2. The molecule has 2 rings (SSSR count). The molecule has 1 saturated carbocycles. The average molecular weight is 515 g/mol. The van der Waals surface area contributed by atoms with Gasteiger partial charge in [-0.05, 0) is 31.3 Å². The summed E-state index contributed by atoms with van der Waals surface area (Å²) in [5.41, 5.74) is -2.05. The van der Waals surface area contributed by atoms with Gasteiger partial charge >= 0.3 is 13.8 Å². The van der Waals surface area contributed by atoms with Crippen LogP contribution in [0.4, 0.5) is 0 Å². The number of ether oxygens (including phenoxy) is 1. The van der Waals surface area contributed by atoms with E-state index >= 15 is 0 Å². The Bertz CT molecular complexity index is 825. The molecule has 0 bridgehead atoms. The van der Waals surface area contributed by atoms with Crippen molar-refractivity contribution >= 4 is 13.8 Å². The number of hydrogen-bond donors (Lipinski definition) is 5. The molecule has 0 saturated heterocycles. The number of phosphoric ester groups is 1. The normalized spacial score (nSPS) is 25.8. The minimum atomic E-state index is -5.05. The summed E-state index contributed by atoms with van der Waals surface area (Å²) in [5.74, 6) is -0.181. The third kappa shape index (κ3) is 10.5. The molecule has 5 N–H and O–H groups in total. The van der Waals surface area contributed by atoms with Crippen LogP contribution in [0.25, 0.3) is 0 Å². The first-order valence-corrected chi connectivity index (χ1v) is 13.8. The highest BCUT2D eigenvalue weighted by atomic mass is 31.2.